The van der Waals surface area contributed by atoms with Gasteiger partial charge in [0.05, 0.1) is 6.61 Å². The van der Waals surface area contributed by atoms with E-state index in [2.05, 4.69) is 4.98 Å². The van der Waals surface area contributed by atoms with Gasteiger partial charge in [-0.15, -0.1) is 0 Å². The average molecular weight is 375 g/mol. The Balaban J connectivity index is 1.49. The first-order valence-electron chi connectivity index (χ1n) is 8.97. The molecule has 1 fully saturated rings. The van der Waals surface area contributed by atoms with Gasteiger partial charge in [0, 0.05) is 44.2 Å². The lowest BCUT2D eigenvalue weighted by molar-refractivity contribution is -0.133. The highest BCUT2D eigenvalue weighted by Gasteiger charge is 2.24. The van der Waals surface area contributed by atoms with Crippen LogP contribution in [0, 0.1) is 11.7 Å². The van der Waals surface area contributed by atoms with E-state index in [-0.39, 0.29) is 30.6 Å². The average Bonchev–Trinajstić information content (AvgIpc) is 2.67. The number of amides is 1. The van der Waals surface area contributed by atoms with Crippen molar-refractivity contribution in [2.75, 3.05) is 19.7 Å². The van der Waals surface area contributed by atoms with E-state index in [9.17, 15) is 18.8 Å². The number of aryl methyl sites for hydroxylation is 1. The number of hydrogen-bond donors (Lipinski definition) is 1. The first-order chi connectivity index (χ1) is 13.0. The second-order valence-corrected chi connectivity index (χ2v) is 6.67. The third kappa shape index (κ3) is 5.29. The molecular formula is C19H22FN3O4. The summed E-state index contributed by atoms with van der Waals surface area (Å²) in [5.74, 6) is 0.485. The normalized spacial score (nSPS) is 16.9. The standard InChI is InChI=1S/C19H22FN3O4/c20-15-3-5-16(6-4-15)27-13-14-2-1-9-23(12-14)18(25)8-11-22-10-7-17(24)21-19(22)26/h3-7,10,14H,1-2,8-9,11-13H2,(H,21,24,26)/t14-/m1/s1. The second kappa shape index (κ2) is 8.66. The Kier molecular flexibility index (Phi) is 6.05. The smallest absolute Gasteiger partial charge is 0.328 e. The van der Waals surface area contributed by atoms with E-state index in [1.54, 1.807) is 17.0 Å². The number of likely N-dealkylation sites (tertiary alicyclic amines) is 1. The Morgan fingerprint density at radius 1 is 1.22 bits per heavy atom. The predicted molar refractivity (Wildman–Crippen MR) is 97.1 cm³/mol. The van der Waals surface area contributed by atoms with Gasteiger partial charge in [-0.25, -0.2) is 9.18 Å². The van der Waals surface area contributed by atoms with E-state index >= 15 is 0 Å². The molecule has 8 heteroatoms. The molecule has 7 nitrogen and oxygen atoms in total. The molecule has 0 radical (unpaired) electrons. The van der Waals surface area contributed by atoms with Crippen LogP contribution in [0.3, 0.4) is 0 Å². The molecule has 0 bridgehead atoms. The molecule has 27 heavy (non-hydrogen) atoms. The van der Waals surface area contributed by atoms with Crippen LogP contribution in [0.5, 0.6) is 5.75 Å². The maximum Gasteiger partial charge on any atom is 0.328 e. The lowest BCUT2D eigenvalue weighted by atomic mass is 9.98. The van der Waals surface area contributed by atoms with Gasteiger partial charge in [-0.3, -0.25) is 14.6 Å². The molecule has 1 atom stereocenters. The van der Waals surface area contributed by atoms with Crippen LogP contribution in [-0.2, 0) is 11.3 Å². The second-order valence-electron chi connectivity index (χ2n) is 6.67. The van der Waals surface area contributed by atoms with Crippen molar-refractivity contribution < 1.29 is 13.9 Å². The molecule has 1 saturated heterocycles. The number of aromatic amines is 1. The molecule has 3 rings (SSSR count). The van der Waals surface area contributed by atoms with Crippen molar-refractivity contribution in [1.29, 1.82) is 0 Å². The first-order valence-corrected chi connectivity index (χ1v) is 8.97. The Morgan fingerprint density at radius 2 is 2.00 bits per heavy atom. The third-order valence-electron chi connectivity index (χ3n) is 4.63. The molecule has 1 amide bonds. The lowest BCUT2D eigenvalue weighted by Crippen LogP contribution is -2.42. The van der Waals surface area contributed by atoms with Crippen LogP contribution in [0.25, 0.3) is 0 Å². The summed E-state index contributed by atoms with van der Waals surface area (Å²) < 4.78 is 19.9. The monoisotopic (exact) mass is 375 g/mol. The first kappa shape index (κ1) is 18.9. The summed E-state index contributed by atoms with van der Waals surface area (Å²) in [6.45, 7) is 1.98. The lowest BCUT2D eigenvalue weighted by Gasteiger charge is -2.32. The maximum absolute atomic E-state index is 12.9. The molecule has 1 aliphatic heterocycles. The number of piperidine rings is 1. The molecule has 1 aliphatic rings. The van der Waals surface area contributed by atoms with Gasteiger partial charge in [0.15, 0.2) is 0 Å². The van der Waals surface area contributed by atoms with Crippen LogP contribution >= 0.6 is 0 Å². The van der Waals surface area contributed by atoms with Crippen molar-refractivity contribution in [3.8, 4) is 5.75 Å². The van der Waals surface area contributed by atoms with E-state index in [0.717, 1.165) is 12.8 Å². The van der Waals surface area contributed by atoms with Crippen molar-refractivity contribution >= 4 is 5.91 Å². The van der Waals surface area contributed by atoms with Crippen molar-refractivity contribution in [3.05, 3.63) is 63.2 Å². The molecule has 0 spiro atoms. The highest BCUT2D eigenvalue weighted by Crippen LogP contribution is 2.19. The highest BCUT2D eigenvalue weighted by molar-refractivity contribution is 5.76. The van der Waals surface area contributed by atoms with Crippen LogP contribution in [0.4, 0.5) is 4.39 Å². The summed E-state index contributed by atoms with van der Waals surface area (Å²) in [5, 5.41) is 0. The van der Waals surface area contributed by atoms with Crippen molar-refractivity contribution in [1.82, 2.24) is 14.5 Å². The quantitative estimate of drug-likeness (QED) is 0.827. The van der Waals surface area contributed by atoms with E-state index in [1.165, 1.54) is 29.0 Å². The number of aromatic nitrogens is 2. The SMILES string of the molecule is O=C(CCn1ccc(=O)[nH]c1=O)N1CCC[C@@H](COc2ccc(F)cc2)C1. The minimum Gasteiger partial charge on any atom is -0.493 e. The number of nitrogens with one attached hydrogen (secondary N) is 1. The summed E-state index contributed by atoms with van der Waals surface area (Å²) >= 11 is 0. The summed E-state index contributed by atoms with van der Waals surface area (Å²) in [6, 6.07) is 7.14. The highest BCUT2D eigenvalue weighted by atomic mass is 19.1. The minimum atomic E-state index is -0.514. The molecular weight excluding hydrogens is 353 g/mol. The Labute approximate surface area is 155 Å². The topological polar surface area (TPSA) is 84.4 Å². The number of nitrogens with zero attached hydrogens (tertiary/aromatic N) is 2. The van der Waals surface area contributed by atoms with Gasteiger partial charge in [-0.05, 0) is 37.1 Å². The predicted octanol–water partition coefficient (Wildman–Crippen LogP) is 1.38. The van der Waals surface area contributed by atoms with E-state index < -0.39 is 11.2 Å². The van der Waals surface area contributed by atoms with Crippen molar-refractivity contribution in [3.63, 3.8) is 0 Å². The molecule has 0 saturated carbocycles. The summed E-state index contributed by atoms with van der Waals surface area (Å²) in [5.41, 5.74) is -0.970. The van der Waals surface area contributed by atoms with E-state index in [1.807, 2.05) is 0 Å². The number of benzene rings is 1. The number of ether oxygens (including phenoxy) is 1. The van der Waals surface area contributed by atoms with Crippen LogP contribution in [0.1, 0.15) is 19.3 Å². The van der Waals surface area contributed by atoms with Crippen LogP contribution < -0.4 is 16.0 Å². The minimum absolute atomic E-state index is 0.0282. The van der Waals surface area contributed by atoms with Gasteiger partial charge in [-0.2, -0.15) is 0 Å². The zero-order chi connectivity index (χ0) is 19.2. The van der Waals surface area contributed by atoms with Crippen molar-refractivity contribution in [2.24, 2.45) is 5.92 Å². The molecule has 144 valence electrons. The number of carbonyl (C=O) groups excluding carboxylic acids is 1. The Bertz CT molecular complexity index is 891. The largest absolute Gasteiger partial charge is 0.493 e. The number of hydrogen-bond acceptors (Lipinski definition) is 4. The van der Waals surface area contributed by atoms with Gasteiger partial charge >= 0.3 is 5.69 Å². The zero-order valence-electron chi connectivity index (χ0n) is 14.9. The number of carbonyl (C=O) groups is 1. The van der Waals surface area contributed by atoms with Gasteiger partial charge in [-0.1, -0.05) is 0 Å². The fourth-order valence-corrected chi connectivity index (χ4v) is 3.17. The fourth-order valence-electron chi connectivity index (χ4n) is 3.17. The molecule has 1 aromatic heterocycles. The third-order valence-corrected chi connectivity index (χ3v) is 4.63. The van der Waals surface area contributed by atoms with Crippen LogP contribution in [0.15, 0.2) is 46.1 Å². The summed E-state index contributed by atoms with van der Waals surface area (Å²) in [6.07, 6.45) is 3.44. The molecule has 2 heterocycles. The summed E-state index contributed by atoms with van der Waals surface area (Å²) in [7, 11) is 0. The zero-order valence-corrected chi connectivity index (χ0v) is 14.9. The van der Waals surface area contributed by atoms with Crippen LogP contribution in [0.2, 0.25) is 0 Å². The fraction of sp³-hybridized carbons (Fsp3) is 0.421. The van der Waals surface area contributed by atoms with Gasteiger partial charge in [0.1, 0.15) is 11.6 Å². The number of H-pyrrole nitrogens is 1. The van der Waals surface area contributed by atoms with E-state index in [4.69, 9.17) is 4.74 Å². The van der Waals surface area contributed by atoms with E-state index in [0.29, 0.717) is 25.4 Å². The molecule has 1 aromatic carbocycles. The number of halogens is 1. The van der Waals surface area contributed by atoms with Crippen LogP contribution in [-0.4, -0.2) is 40.1 Å². The Hall–Kier alpha value is -2.90. The maximum atomic E-state index is 12.9. The van der Waals surface area contributed by atoms with Gasteiger partial charge in [0.2, 0.25) is 5.91 Å². The molecule has 2 aromatic rings. The molecule has 1 N–H and O–H groups in total. The Morgan fingerprint density at radius 3 is 2.74 bits per heavy atom. The van der Waals surface area contributed by atoms with Gasteiger partial charge < -0.3 is 14.2 Å². The summed E-state index contributed by atoms with van der Waals surface area (Å²) in [4.78, 5) is 39.2. The van der Waals surface area contributed by atoms with Gasteiger partial charge in [0.25, 0.3) is 5.56 Å². The number of rotatable bonds is 6. The molecule has 0 aliphatic carbocycles. The molecule has 0 unspecified atom stereocenters. The van der Waals surface area contributed by atoms with Crippen molar-refractivity contribution in [2.45, 2.75) is 25.8 Å².